The molecule has 3 rings (SSSR count). The standard InChI is InChI=1S/C17H20N2/c1-3-4-5-8-13-11-18-12(2)17-16(13)14-9-6-7-10-15(14)19-17/h6-7,9-11,19H,3-5,8H2,1-2H3. The molecule has 0 fully saturated rings. The summed E-state index contributed by atoms with van der Waals surface area (Å²) in [6, 6.07) is 8.54. The maximum atomic E-state index is 4.55. The summed E-state index contributed by atoms with van der Waals surface area (Å²) in [4.78, 5) is 8.06. The Morgan fingerprint density at radius 1 is 1.16 bits per heavy atom. The number of nitrogens with zero attached hydrogens (tertiary/aromatic N) is 1. The number of pyridine rings is 1. The van der Waals surface area contributed by atoms with Crippen LogP contribution in [0.4, 0.5) is 0 Å². The molecule has 2 aromatic heterocycles. The number of para-hydroxylation sites is 1. The van der Waals surface area contributed by atoms with Crippen LogP contribution in [0.2, 0.25) is 0 Å². The fourth-order valence-electron chi connectivity index (χ4n) is 2.81. The zero-order valence-electron chi connectivity index (χ0n) is 11.7. The van der Waals surface area contributed by atoms with E-state index >= 15 is 0 Å². The van der Waals surface area contributed by atoms with Crippen molar-refractivity contribution in [3.05, 3.63) is 41.7 Å². The van der Waals surface area contributed by atoms with Crippen molar-refractivity contribution in [2.24, 2.45) is 0 Å². The quantitative estimate of drug-likeness (QED) is 0.666. The topological polar surface area (TPSA) is 28.7 Å². The van der Waals surface area contributed by atoms with Gasteiger partial charge in [0.25, 0.3) is 0 Å². The van der Waals surface area contributed by atoms with E-state index in [4.69, 9.17) is 0 Å². The molecule has 0 saturated heterocycles. The van der Waals surface area contributed by atoms with Crippen LogP contribution in [0.25, 0.3) is 21.8 Å². The number of aromatic amines is 1. The predicted octanol–water partition coefficient (Wildman–Crippen LogP) is 4.76. The van der Waals surface area contributed by atoms with Crippen LogP contribution in [0, 0.1) is 6.92 Å². The first-order chi connectivity index (χ1) is 9.31. The van der Waals surface area contributed by atoms with Crippen molar-refractivity contribution < 1.29 is 0 Å². The molecule has 0 aliphatic rings. The average Bonchev–Trinajstić information content (AvgIpc) is 2.82. The number of aryl methyl sites for hydroxylation is 2. The Morgan fingerprint density at radius 2 is 2.00 bits per heavy atom. The molecule has 0 unspecified atom stereocenters. The molecule has 1 aromatic carbocycles. The molecule has 0 aliphatic heterocycles. The highest BCUT2D eigenvalue weighted by Crippen LogP contribution is 2.30. The lowest BCUT2D eigenvalue weighted by molar-refractivity contribution is 0.718. The normalized spacial score (nSPS) is 11.5. The predicted molar refractivity (Wildman–Crippen MR) is 81.6 cm³/mol. The first-order valence-corrected chi connectivity index (χ1v) is 7.16. The van der Waals surface area contributed by atoms with Gasteiger partial charge in [-0.05, 0) is 31.4 Å². The van der Waals surface area contributed by atoms with E-state index in [1.807, 2.05) is 0 Å². The fraction of sp³-hybridized carbons (Fsp3) is 0.353. The summed E-state index contributed by atoms with van der Waals surface area (Å²) in [6.07, 6.45) is 6.98. The molecule has 0 aliphatic carbocycles. The van der Waals surface area contributed by atoms with Gasteiger partial charge in [0.15, 0.2) is 0 Å². The zero-order chi connectivity index (χ0) is 13.2. The van der Waals surface area contributed by atoms with Crippen LogP contribution in [-0.4, -0.2) is 9.97 Å². The SMILES string of the molecule is CCCCCc1cnc(C)c2[nH]c3ccccc3c12. The van der Waals surface area contributed by atoms with Gasteiger partial charge in [-0.15, -0.1) is 0 Å². The number of aromatic nitrogens is 2. The second-order valence-corrected chi connectivity index (χ2v) is 5.25. The van der Waals surface area contributed by atoms with E-state index in [1.54, 1.807) is 0 Å². The van der Waals surface area contributed by atoms with E-state index in [1.165, 1.54) is 46.6 Å². The summed E-state index contributed by atoms with van der Waals surface area (Å²) in [5.74, 6) is 0. The van der Waals surface area contributed by atoms with E-state index in [9.17, 15) is 0 Å². The maximum absolute atomic E-state index is 4.55. The van der Waals surface area contributed by atoms with Gasteiger partial charge in [0, 0.05) is 22.5 Å². The minimum Gasteiger partial charge on any atom is -0.353 e. The largest absolute Gasteiger partial charge is 0.353 e. The molecule has 0 bridgehead atoms. The van der Waals surface area contributed by atoms with E-state index in [2.05, 4.69) is 54.3 Å². The van der Waals surface area contributed by atoms with Crippen molar-refractivity contribution >= 4 is 21.8 Å². The second kappa shape index (κ2) is 5.04. The van der Waals surface area contributed by atoms with Gasteiger partial charge in [-0.2, -0.15) is 0 Å². The molecule has 0 amide bonds. The number of nitrogens with one attached hydrogen (secondary N) is 1. The molecule has 0 spiro atoms. The average molecular weight is 252 g/mol. The third kappa shape index (κ3) is 2.12. The lowest BCUT2D eigenvalue weighted by atomic mass is 10.0. The first-order valence-electron chi connectivity index (χ1n) is 7.16. The molecule has 2 nitrogen and oxygen atoms in total. The Labute approximate surface area is 113 Å². The van der Waals surface area contributed by atoms with Crippen molar-refractivity contribution in [2.75, 3.05) is 0 Å². The Kier molecular flexibility index (Phi) is 3.24. The maximum Gasteiger partial charge on any atom is 0.0683 e. The number of H-pyrrole nitrogens is 1. The van der Waals surface area contributed by atoms with Crippen molar-refractivity contribution in [2.45, 2.75) is 39.5 Å². The molecule has 0 saturated carbocycles. The molecule has 19 heavy (non-hydrogen) atoms. The molecule has 0 atom stereocenters. The van der Waals surface area contributed by atoms with Crippen LogP contribution in [0.1, 0.15) is 37.4 Å². The highest BCUT2D eigenvalue weighted by Gasteiger charge is 2.11. The van der Waals surface area contributed by atoms with E-state index in [0.717, 1.165) is 12.1 Å². The van der Waals surface area contributed by atoms with Gasteiger partial charge in [-0.3, -0.25) is 4.98 Å². The summed E-state index contributed by atoms with van der Waals surface area (Å²) in [7, 11) is 0. The molecule has 2 heterocycles. The Hall–Kier alpha value is -1.83. The smallest absolute Gasteiger partial charge is 0.0683 e. The number of fused-ring (bicyclic) bond motifs is 3. The molecular weight excluding hydrogens is 232 g/mol. The van der Waals surface area contributed by atoms with Gasteiger partial charge in [0.05, 0.1) is 11.2 Å². The summed E-state index contributed by atoms with van der Waals surface area (Å²) in [5, 5.41) is 2.70. The van der Waals surface area contributed by atoms with Crippen molar-refractivity contribution in [1.29, 1.82) is 0 Å². The summed E-state index contributed by atoms with van der Waals surface area (Å²) < 4.78 is 0. The summed E-state index contributed by atoms with van der Waals surface area (Å²) >= 11 is 0. The number of hydrogen-bond acceptors (Lipinski definition) is 1. The van der Waals surface area contributed by atoms with Gasteiger partial charge in [-0.25, -0.2) is 0 Å². The summed E-state index contributed by atoms with van der Waals surface area (Å²) in [5.41, 5.74) is 4.89. The first kappa shape index (κ1) is 12.2. The second-order valence-electron chi connectivity index (χ2n) is 5.25. The highest BCUT2D eigenvalue weighted by molar-refractivity contribution is 6.09. The number of rotatable bonds is 4. The molecular formula is C17H20N2. The van der Waals surface area contributed by atoms with Gasteiger partial charge >= 0.3 is 0 Å². The molecule has 1 N–H and O–H groups in total. The number of hydrogen-bond donors (Lipinski definition) is 1. The van der Waals surface area contributed by atoms with Crippen molar-refractivity contribution in [3.8, 4) is 0 Å². The lowest BCUT2D eigenvalue weighted by Crippen LogP contribution is -1.91. The van der Waals surface area contributed by atoms with Crippen LogP contribution in [0.5, 0.6) is 0 Å². The summed E-state index contributed by atoms with van der Waals surface area (Å²) in [6.45, 7) is 4.32. The van der Waals surface area contributed by atoms with Gasteiger partial charge in [0.1, 0.15) is 0 Å². The third-order valence-corrected chi connectivity index (χ3v) is 3.85. The van der Waals surface area contributed by atoms with Crippen LogP contribution in [0.3, 0.4) is 0 Å². The monoisotopic (exact) mass is 252 g/mol. The minimum absolute atomic E-state index is 1.09. The molecule has 0 radical (unpaired) electrons. The van der Waals surface area contributed by atoms with Crippen molar-refractivity contribution in [1.82, 2.24) is 9.97 Å². The third-order valence-electron chi connectivity index (χ3n) is 3.85. The molecule has 2 heteroatoms. The van der Waals surface area contributed by atoms with E-state index in [0.29, 0.717) is 0 Å². The van der Waals surface area contributed by atoms with Crippen molar-refractivity contribution in [3.63, 3.8) is 0 Å². The molecule has 3 aromatic rings. The van der Waals surface area contributed by atoms with Gasteiger partial charge < -0.3 is 4.98 Å². The van der Waals surface area contributed by atoms with E-state index < -0.39 is 0 Å². The van der Waals surface area contributed by atoms with Crippen LogP contribution >= 0.6 is 0 Å². The number of unbranched alkanes of at least 4 members (excludes halogenated alkanes) is 2. The van der Waals surface area contributed by atoms with Gasteiger partial charge in [-0.1, -0.05) is 38.0 Å². The fourth-order valence-corrected chi connectivity index (χ4v) is 2.81. The Bertz CT molecular complexity index is 710. The van der Waals surface area contributed by atoms with Gasteiger partial charge in [0.2, 0.25) is 0 Å². The number of benzene rings is 1. The lowest BCUT2D eigenvalue weighted by Gasteiger charge is -2.05. The van der Waals surface area contributed by atoms with Crippen LogP contribution in [-0.2, 0) is 6.42 Å². The Morgan fingerprint density at radius 3 is 2.84 bits per heavy atom. The van der Waals surface area contributed by atoms with Crippen LogP contribution < -0.4 is 0 Å². The van der Waals surface area contributed by atoms with E-state index in [-0.39, 0.29) is 0 Å². The highest BCUT2D eigenvalue weighted by atomic mass is 14.8. The van der Waals surface area contributed by atoms with Crippen LogP contribution in [0.15, 0.2) is 30.5 Å². The molecule has 98 valence electrons. The minimum atomic E-state index is 1.09. The Balaban J connectivity index is 2.19. The zero-order valence-corrected chi connectivity index (χ0v) is 11.7.